The van der Waals surface area contributed by atoms with Crippen molar-refractivity contribution in [2.45, 2.75) is 25.8 Å². The highest BCUT2D eigenvalue weighted by Gasteiger charge is 2.25. The number of hydrogen-bond donors (Lipinski definition) is 0. The Kier molecular flexibility index (Phi) is 4.64. The average Bonchev–Trinajstić information content (AvgIpc) is 2.61. The minimum absolute atomic E-state index is 0.0710. The summed E-state index contributed by atoms with van der Waals surface area (Å²) in [6.07, 6.45) is 3.58. The molecule has 1 fully saturated rings. The summed E-state index contributed by atoms with van der Waals surface area (Å²) < 4.78 is 0. The first-order chi connectivity index (χ1) is 11.6. The number of para-hydroxylation sites is 1. The number of piperidine rings is 1. The van der Waals surface area contributed by atoms with E-state index in [-0.39, 0.29) is 10.6 Å². The van der Waals surface area contributed by atoms with Crippen LogP contribution in [0.3, 0.4) is 0 Å². The molecular formula is C18H22N4O2. The monoisotopic (exact) mass is 326 g/mol. The fourth-order valence-electron chi connectivity index (χ4n) is 3.25. The van der Waals surface area contributed by atoms with Crippen molar-refractivity contribution in [2.75, 3.05) is 29.9 Å². The number of nitrogens with zero attached hydrogens (tertiary/aromatic N) is 4. The Morgan fingerprint density at radius 2 is 2.08 bits per heavy atom. The lowest BCUT2D eigenvalue weighted by Crippen LogP contribution is -2.47. The molecule has 126 valence electrons. The Balaban J connectivity index is 1.76. The van der Waals surface area contributed by atoms with Gasteiger partial charge in [-0.05, 0) is 38.0 Å². The predicted octanol–water partition coefficient (Wildman–Crippen LogP) is 3.40. The Bertz CT molecular complexity index is 720. The first-order valence-corrected chi connectivity index (χ1v) is 8.20. The van der Waals surface area contributed by atoms with Crippen molar-refractivity contribution >= 4 is 17.2 Å². The number of likely N-dealkylation sites (N-methyl/N-ethyl adjacent to an activating group) is 1. The number of pyridine rings is 1. The topological polar surface area (TPSA) is 62.5 Å². The summed E-state index contributed by atoms with van der Waals surface area (Å²) in [7, 11) is 2.02. The van der Waals surface area contributed by atoms with Crippen LogP contribution in [-0.4, -0.2) is 36.1 Å². The maximum atomic E-state index is 10.9. The summed E-state index contributed by atoms with van der Waals surface area (Å²) in [5.74, 6) is 0.790. The van der Waals surface area contributed by atoms with Crippen LogP contribution in [0.15, 0.2) is 42.6 Å². The highest BCUT2D eigenvalue weighted by molar-refractivity contribution is 5.51. The lowest BCUT2D eigenvalue weighted by atomic mass is 10.0. The molecule has 0 saturated carbocycles. The van der Waals surface area contributed by atoms with E-state index < -0.39 is 0 Å². The second kappa shape index (κ2) is 6.86. The number of anilines is 2. The molecule has 1 atom stereocenters. The van der Waals surface area contributed by atoms with Crippen LogP contribution in [0.4, 0.5) is 17.2 Å². The SMILES string of the molecule is Cc1cc(N(C)C2CCCN(c3ccccc3)C2)ncc1[N+](=O)[O-]. The molecule has 2 heterocycles. The van der Waals surface area contributed by atoms with E-state index in [4.69, 9.17) is 0 Å². The van der Waals surface area contributed by atoms with Crippen molar-refractivity contribution in [2.24, 2.45) is 0 Å². The van der Waals surface area contributed by atoms with Gasteiger partial charge in [-0.3, -0.25) is 10.1 Å². The normalized spacial score (nSPS) is 17.6. The zero-order valence-corrected chi connectivity index (χ0v) is 14.1. The van der Waals surface area contributed by atoms with E-state index >= 15 is 0 Å². The Hall–Kier alpha value is -2.63. The van der Waals surface area contributed by atoms with Crippen molar-refractivity contribution in [1.29, 1.82) is 0 Å². The largest absolute Gasteiger partial charge is 0.369 e. The number of hydrogen-bond acceptors (Lipinski definition) is 5. The Morgan fingerprint density at radius 3 is 2.75 bits per heavy atom. The van der Waals surface area contributed by atoms with E-state index in [9.17, 15) is 10.1 Å². The van der Waals surface area contributed by atoms with Crippen molar-refractivity contribution in [1.82, 2.24) is 4.98 Å². The van der Waals surface area contributed by atoms with Crippen molar-refractivity contribution in [3.63, 3.8) is 0 Å². The molecule has 6 nitrogen and oxygen atoms in total. The number of aromatic nitrogens is 1. The van der Waals surface area contributed by atoms with Crippen molar-refractivity contribution < 1.29 is 4.92 Å². The van der Waals surface area contributed by atoms with Gasteiger partial charge in [-0.15, -0.1) is 0 Å². The van der Waals surface area contributed by atoms with Crippen LogP contribution in [0.5, 0.6) is 0 Å². The van der Waals surface area contributed by atoms with Crippen LogP contribution in [-0.2, 0) is 0 Å². The zero-order valence-electron chi connectivity index (χ0n) is 14.1. The smallest absolute Gasteiger partial charge is 0.290 e. The lowest BCUT2D eigenvalue weighted by molar-refractivity contribution is -0.385. The molecule has 1 aromatic carbocycles. The summed E-state index contributed by atoms with van der Waals surface area (Å²) in [5, 5.41) is 10.9. The molecule has 0 radical (unpaired) electrons. The molecule has 24 heavy (non-hydrogen) atoms. The molecule has 0 bridgehead atoms. The van der Waals surface area contributed by atoms with E-state index in [0.29, 0.717) is 11.6 Å². The molecule has 0 N–H and O–H groups in total. The van der Waals surface area contributed by atoms with E-state index in [1.54, 1.807) is 13.0 Å². The van der Waals surface area contributed by atoms with E-state index in [1.807, 2.05) is 13.1 Å². The number of rotatable bonds is 4. The van der Waals surface area contributed by atoms with Gasteiger partial charge in [0.1, 0.15) is 12.0 Å². The maximum Gasteiger partial charge on any atom is 0.290 e. The molecule has 6 heteroatoms. The van der Waals surface area contributed by atoms with Crippen molar-refractivity contribution in [3.8, 4) is 0 Å². The predicted molar refractivity (Wildman–Crippen MR) is 95.7 cm³/mol. The first kappa shape index (κ1) is 16.2. The van der Waals surface area contributed by atoms with E-state index in [2.05, 4.69) is 39.0 Å². The molecule has 2 aromatic rings. The molecule has 3 rings (SSSR count). The summed E-state index contributed by atoms with van der Waals surface area (Å²) in [6.45, 7) is 3.74. The summed E-state index contributed by atoms with van der Waals surface area (Å²) in [6, 6.07) is 12.6. The molecule has 1 unspecified atom stereocenters. The standard InChI is InChI=1S/C18H22N4O2/c1-14-11-18(19-12-17(14)22(23)24)20(2)16-9-6-10-21(13-16)15-7-4-3-5-8-15/h3-5,7-8,11-12,16H,6,9-10,13H2,1-2H3. The van der Waals surface area contributed by atoms with Gasteiger partial charge in [0, 0.05) is 37.4 Å². The molecule has 1 aliphatic rings. The van der Waals surface area contributed by atoms with Crippen LogP contribution in [0.2, 0.25) is 0 Å². The molecule has 1 aromatic heterocycles. The second-order valence-corrected chi connectivity index (χ2v) is 6.27. The molecule has 0 aliphatic carbocycles. The van der Waals surface area contributed by atoms with Crippen LogP contribution in [0.1, 0.15) is 18.4 Å². The van der Waals surface area contributed by atoms with Gasteiger partial charge in [0.2, 0.25) is 0 Å². The first-order valence-electron chi connectivity index (χ1n) is 8.20. The molecular weight excluding hydrogens is 304 g/mol. The van der Waals surface area contributed by atoms with Gasteiger partial charge in [0.25, 0.3) is 5.69 Å². The highest BCUT2D eigenvalue weighted by Crippen LogP contribution is 2.26. The van der Waals surface area contributed by atoms with Gasteiger partial charge >= 0.3 is 0 Å². The van der Waals surface area contributed by atoms with Crippen LogP contribution < -0.4 is 9.80 Å². The van der Waals surface area contributed by atoms with E-state index in [1.165, 1.54) is 11.9 Å². The van der Waals surface area contributed by atoms with Gasteiger partial charge in [-0.2, -0.15) is 0 Å². The summed E-state index contributed by atoms with van der Waals surface area (Å²) in [5.41, 5.74) is 1.96. The maximum absolute atomic E-state index is 10.9. The van der Waals surface area contributed by atoms with Gasteiger partial charge in [0.05, 0.1) is 4.92 Å². The van der Waals surface area contributed by atoms with Gasteiger partial charge in [0.15, 0.2) is 0 Å². The van der Waals surface area contributed by atoms with Crippen LogP contribution in [0, 0.1) is 17.0 Å². The van der Waals surface area contributed by atoms with Gasteiger partial charge in [-0.1, -0.05) is 18.2 Å². The van der Waals surface area contributed by atoms with Crippen molar-refractivity contribution in [3.05, 3.63) is 58.3 Å². The average molecular weight is 326 g/mol. The van der Waals surface area contributed by atoms with Crippen LogP contribution in [0.25, 0.3) is 0 Å². The van der Waals surface area contributed by atoms with Crippen LogP contribution >= 0.6 is 0 Å². The third kappa shape index (κ3) is 3.32. The highest BCUT2D eigenvalue weighted by atomic mass is 16.6. The quantitative estimate of drug-likeness (QED) is 0.636. The lowest BCUT2D eigenvalue weighted by Gasteiger charge is -2.39. The molecule has 1 aliphatic heterocycles. The summed E-state index contributed by atoms with van der Waals surface area (Å²) >= 11 is 0. The van der Waals surface area contributed by atoms with Gasteiger partial charge < -0.3 is 9.80 Å². The molecule has 0 amide bonds. The summed E-state index contributed by atoms with van der Waals surface area (Å²) in [4.78, 5) is 19.4. The fraction of sp³-hybridized carbons (Fsp3) is 0.389. The fourth-order valence-corrected chi connectivity index (χ4v) is 3.25. The number of aryl methyl sites for hydroxylation is 1. The number of benzene rings is 1. The minimum atomic E-state index is -0.385. The van der Waals surface area contributed by atoms with Gasteiger partial charge in [-0.25, -0.2) is 4.98 Å². The Morgan fingerprint density at radius 1 is 1.33 bits per heavy atom. The molecule has 1 saturated heterocycles. The Labute approximate surface area is 141 Å². The third-order valence-electron chi connectivity index (χ3n) is 4.69. The zero-order chi connectivity index (χ0) is 17.1. The van der Waals surface area contributed by atoms with E-state index in [0.717, 1.165) is 31.7 Å². The molecule has 0 spiro atoms. The third-order valence-corrected chi connectivity index (χ3v) is 4.69. The minimum Gasteiger partial charge on any atom is -0.369 e. The second-order valence-electron chi connectivity index (χ2n) is 6.27. The number of nitro groups is 1.